The summed E-state index contributed by atoms with van der Waals surface area (Å²) < 4.78 is 0.377. The molecule has 2 aliphatic heterocycles. The Morgan fingerprint density at radius 3 is 2.75 bits per heavy atom. The Balaban J connectivity index is 1.85. The third-order valence-electron chi connectivity index (χ3n) is 4.12. The molecule has 4 rings (SSSR count). The number of thiazole rings is 1. The zero-order valence-electron chi connectivity index (χ0n) is 12.4. The van der Waals surface area contributed by atoms with Crippen molar-refractivity contribution in [2.45, 2.75) is 19.0 Å². The van der Waals surface area contributed by atoms with Gasteiger partial charge in [-0.2, -0.15) is 0 Å². The van der Waals surface area contributed by atoms with Crippen LogP contribution in [0.3, 0.4) is 0 Å². The zero-order chi connectivity index (χ0) is 17.1. The molecule has 9 heteroatoms. The molecule has 0 saturated carbocycles. The second-order valence-electron chi connectivity index (χ2n) is 5.65. The van der Waals surface area contributed by atoms with E-state index in [9.17, 15) is 14.4 Å². The van der Waals surface area contributed by atoms with Gasteiger partial charge < -0.3 is 10.2 Å². The van der Waals surface area contributed by atoms with Crippen LogP contribution in [0.4, 0.5) is 10.5 Å². The molecule has 3 heterocycles. The normalized spacial score (nSPS) is 22.1. The molecular formula is C15H11ClN4O3S. The number of anilines is 1. The molecule has 2 aliphatic rings. The topological polar surface area (TPSA) is 91.4 Å². The quantitative estimate of drug-likeness (QED) is 0.628. The minimum absolute atomic E-state index is 0.226. The summed E-state index contributed by atoms with van der Waals surface area (Å²) in [5.41, 5.74) is 0.254. The van der Waals surface area contributed by atoms with Crippen LogP contribution in [-0.2, 0) is 21.7 Å². The molecule has 2 aromatic rings. The lowest BCUT2D eigenvalue weighted by molar-refractivity contribution is -0.134. The van der Waals surface area contributed by atoms with Gasteiger partial charge in [0.05, 0.1) is 12.2 Å². The molecule has 4 amide bonds. The Hall–Kier alpha value is -2.45. The predicted octanol–water partition coefficient (Wildman–Crippen LogP) is 1.69. The van der Waals surface area contributed by atoms with Crippen LogP contribution >= 0.6 is 22.9 Å². The average molecular weight is 363 g/mol. The van der Waals surface area contributed by atoms with Crippen molar-refractivity contribution in [2.24, 2.45) is 0 Å². The van der Waals surface area contributed by atoms with Gasteiger partial charge in [0, 0.05) is 16.6 Å². The Kier molecular flexibility index (Phi) is 3.16. The Bertz CT molecular complexity index is 912. The first kappa shape index (κ1) is 15.1. The predicted molar refractivity (Wildman–Crippen MR) is 87.8 cm³/mol. The number of urea groups is 1. The van der Waals surface area contributed by atoms with E-state index in [0.29, 0.717) is 15.7 Å². The van der Waals surface area contributed by atoms with Crippen LogP contribution < -0.4 is 15.5 Å². The molecule has 0 radical (unpaired) electrons. The van der Waals surface area contributed by atoms with Crippen LogP contribution in [0.1, 0.15) is 16.0 Å². The summed E-state index contributed by atoms with van der Waals surface area (Å²) in [6, 6.07) is 4.70. The number of imide groups is 1. The van der Waals surface area contributed by atoms with Crippen LogP contribution in [0, 0.1) is 6.92 Å². The number of hydrogen-bond acceptors (Lipinski definition) is 5. The van der Waals surface area contributed by atoms with Crippen molar-refractivity contribution in [1.29, 1.82) is 0 Å². The van der Waals surface area contributed by atoms with Crippen molar-refractivity contribution in [2.75, 3.05) is 4.90 Å². The van der Waals surface area contributed by atoms with Crippen LogP contribution in [0.15, 0.2) is 24.4 Å². The molecule has 7 nitrogen and oxygen atoms in total. The fourth-order valence-electron chi connectivity index (χ4n) is 3.08. The lowest BCUT2D eigenvalue weighted by Gasteiger charge is -2.20. The van der Waals surface area contributed by atoms with Gasteiger partial charge in [-0.05, 0) is 13.0 Å². The first-order chi connectivity index (χ1) is 11.4. The smallest absolute Gasteiger partial charge is 0.312 e. The fraction of sp³-hybridized carbons (Fsp3) is 0.200. The number of halogens is 1. The molecule has 1 saturated heterocycles. The highest BCUT2D eigenvalue weighted by atomic mass is 35.5. The zero-order valence-corrected chi connectivity index (χ0v) is 14.0. The van der Waals surface area contributed by atoms with Gasteiger partial charge in [-0.25, -0.2) is 9.78 Å². The van der Waals surface area contributed by atoms with E-state index in [1.807, 2.05) is 13.0 Å². The minimum Gasteiger partial charge on any atom is -0.312 e. The number of rotatable bonds is 2. The molecule has 1 aromatic heterocycles. The van der Waals surface area contributed by atoms with Gasteiger partial charge in [-0.15, -0.1) is 11.3 Å². The molecule has 2 N–H and O–H groups in total. The van der Waals surface area contributed by atoms with E-state index in [1.54, 1.807) is 18.3 Å². The van der Waals surface area contributed by atoms with E-state index >= 15 is 0 Å². The molecule has 1 aromatic carbocycles. The van der Waals surface area contributed by atoms with Gasteiger partial charge in [-0.3, -0.25) is 14.9 Å². The number of nitrogens with zero attached hydrogens (tertiary/aromatic N) is 2. The first-order valence-electron chi connectivity index (χ1n) is 7.09. The van der Waals surface area contributed by atoms with E-state index in [4.69, 9.17) is 11.6 Å². The Morgan fingerprint density at radius 2 is 2.12 bits per heavy atom. The lowest BCUT2D eigenvalue weighted by Crippen LogP contribution is -2.52. The van der Waals surface area contributed by atoms with Crippen molar-refractivity contribution in [3.63, 3.8) is 0 Å². The van der Waals surface area contributed by atoms with E-state index in [0.717, 1.165) is 10.4 Å². The molecule has 0 bridgehead atoms. The SMILES string of the molecule is Cc1ccc2c(c1)C1(NC(=O)NC1=O)C(=O)N2Cc1cnc(Cl)s1. The molecular weight excluding hydrogens is 352 g/mol. The minimum atomic E-state index is -1.70. The largest absolute Gasteiger partial charge is 0.323 e. The number of nitrogens with one attached hydrogen (secondary N) is 2. The van der Waals surface area contributed by atoms with Gasteiger partial charge in [0.25, 0.3) is 11.8 Å². The summed E-state index contributed by atoms with van der Waals surface area (Å²) in [5.74, 6) is -1.15. The number of benzene rings is 1. The monoisotopic (exact) mass is 362 g/mol. The lowest BCUT2D eigenvalue weighted by atomic mass is 9.90. The number of carbonyl (C=O) groups is 3. The molecule has 1 spiro atoms. The molecule has 1 fully saturated rings. The second-order valence-corrected chi connectivity index (χ2v) is 7.35. The van der Waals surface area contributed by atoms with E-state index < -0.39 is 23.4 Å². The van der Waals surface area contributed by atoms with E-state index in [2.05, 4.69) is 15.6 Å². The average Bonchev–Trinajstić information content (AvgIpc) is 3.13. The number of hydrogen-bond donors (Lipinski definition) is 2. The maximum Gasteiger partial charge on any atom is 0.323 e. The van der Waals surface area contributed by atoms with Crippen molar-refractivity contribution < 1.29 is 14.4 Å². The summed E-state index contributed by atoms with van der Waals surface area (Å²) in [7, 11) is 0. The fourth-order valence-corrected chi connectivity index (χ4v) is 4.04. The molecule has 24 heavy (non-hydrogen) atoms. The Morgan fingerprint density at radius 1 is 1.33 bits per heavy atom. The molecule has 122 valence electrons. The summed E-state index contributed by atoms with van der Waals surface area (Å²) in [4.78, 5) is 43.4. The number of carbonyl (C=O) groups excluding carboxylic acids is 3. The van der Waals surface area contributed by atoms with E-state index in [-0.39, 0.29) is 6.54 Å². The maximum atomic E-state index is 13.1. The van der Waals surface area contributed by atoms with Gasteiger partial charge in [0.1, 0.15) is 0 Å². The van der Waals surface area contributed by atoms with E-state index in [1.165, 1.54) is 16.2 Å². The van der Waals surface area contributed by atoms with Crippen molar-refractivity contribution >= 4 is 46.5 Å². The molecule has 1 atom stereocenters. The van der Waals surface area contributed by atoms with Crippen LogP contribution in [0.2, 0.25) is 4.47 Å². The van der Waals surface area contributed by atoms with Gasteiger partial charge in [0.2, 0.25) is 5.54 Å². The highest BCUT2D eigenvalue weighted by molar-refractivity contribution is 7.15. The van der Waals surface area contributed by atoms with Gasteiger partial charge in [0.15, 0.2) is 4.47 Å². The third-order valence-corrected chi connectivity index (χ3v) is 5.22. The summed E-state index contributed by atoms with van der Waals surface area (Å²) in [5, 5.41) is 4.67. The Labute approximate surface area is 145 Å². The summed E-state index contributed by atoms with van der Waals surface area (Å²) >= 11 is 7.11. The highest BCUT2D eigenvalue weighted by Gasteiger charge is 2.61. The van der Waals surface area contributed by atoms with Crippen molar-refractivity contribution in [1.82, 2.24) is 15.6 Å². The number of fused-ring (bicyclic) bond motifs is 2. The van der Waals surface area contributed by atoms with Crippen molar-refractivity contribution in [3.8, 4) is 0 Å². The van der Waals surface area contributed by atoms with Crippen LogP contribution in [-0.4, -0.2) is 22.8 Å². The third kappa shape index (κ3) is 1.96. The summed E-state index contributed by atoms with van der Waals surface area (Å²) in [6.07, 6.45) is 1.59. The number of aryl methyl sites for hydroxylation is 1. The maximum absolute atomic E-state index is 13.1. The first-order valence-corrected chi connectivity index (χ1v) is 8.28. The second kappa shape index (κ2) is 5.02. The number of amides is 4. The molecule has 0 aliphatic carbocycles. The van der Waals surface area contributed by atoms with Gasteiger partial charge in [-0.1, -0.05) is 29.3 Å². The standard InChI is InChI=1S/C15H11ClN4O3S/c1-7-2-3-10-9(4-7)15(11(21)18-14(23)19-15)12(22)20(10)6-8-5-17-13(16)24-8/h2-5H,6H2,1H3,(H2,18,19,21,23). The van der Waals surface area contributed by atoms with Crippen LogP contribution in [0.5, 0.6) is 0 Å². The summed E-state index contributed by atoms with van der Waals surface area (Å²) in [6.45, 7) is 2.09. The van der Waals surface area contributed by atoms with Crippen molar-refractivity contribution in [3.05, 3.63) is 44.9 Å². The molecule has 1 unspecified atom stereocenters. The number of aromatic nitrogens is 1. The van der Waals surface area contributed by atoms with Crippen LogP contribution in [0.25, 0.3) is 0 Å². The highest BCUT2D eigenvalue weighted by Crippen LogP contribution is 2.43. The van der Waals surface area contributed by atoms with Gasteiger partial charge >= 0.3 is 6.03 Å².